The zero-order chi connectivity index (χ0) is 19.7. The Labute approximate surface area is 166 Å². The van der Waals surface area contributed by atoms with Crippen LogP contribution in [-0.4, -0.2) is 17.3 Å². The summed E-state index contributed by atoms with van der Waals surface area (Å²) in [6, 6.07) is 9.70. The zero-order valence-electron chi connectivity index (χ0n) is 15.6. The summed E-state index contributed by atoms with van der Waals surface area (Å²) >= 11 is 1.46. The number of carbonyl (C=O) groups is 1. The third-order valence-electron chi connectivity index (χ3n) is 4.57. The number of hydrogen-bond donors (Lipinski definition) is 0. The van der Waals surface area contributed by atoms with Crippen molar-refractivity contribution in [2.75, 3.05) is 6.79 Å². The molecule has 1 amide bonds. The second-order valence-electron chi connectivity index (χ2n) is 6.48. The molecule has 1 aliphatic heterocycles. The van der Waals surface area contributed by atoms with Crippen LogP contribution in [0.1, 0.15) is 16.7 Å². The first-order valence-corrected chi connectivity index (χ1v) is 9.57. The van der Waals surface area contributed by atoms with E-state index in [0.717, 1.165) is 15.8 Å². The number of fused-ring (bicyclic) bond motifs is 2. The summed E-state index contributed by atoms with van der Waals surface area (Å²) < 4.78 is 13.6. The van der Waals surface area contributed by atoms with Crippen molar-refractivity contribution in [2.24, 2.45) is 4.99 Å². The molecule has 0 aliphatic carbocycles. The van der Waals surface area contributed by atoms with E-state index in [0.29, 0.717) is 22.8 Å². The number of benzene rings is 2. The molecular weight excluding hydrogens is 372 g/mol. The molecule has 0 saturated carbocycles. The molecule has 3 aromatic rings. The summed E-state index contributed by atoms with van der Waals surface area (Å²) in [4.78, 5) is 17.3. The van der Waals surface area contributed by atoms with E-state index in [1.165, 1.54) is 28.5 Å². The van der Waals surface area contributed by atoms with E-state index in [-0.39, 0.29) is 12.7 Å². The minimum Gasteiger partial charge on any atom is -0.454 e. The van der Waals surface area contributed by atoms with Gasteiger partial charge in [-0.2, -0.15) is 4.99 Å². The lowest BCUT2D eigenvalue weighted by Crippen LogP contribution is -2.15. The van der Waals surface area contributed by atoms with Crippen molar-refractivity contribution in [2.45, 2.75) is 20.4 Å². The highest BCUT2D eigenvalue weighted by Gasteiger charge is 2.12. The van der Waals surface area contributed by atoms with E-state index in [9.17, 15) is 4.79 Å². The third-order valence-corrected chi connectivity index (χ3v) is 5.61. The number of ether oxygens (including phenoxy) is 2. The molecule has 2 aromatic carbocycles. The fourth-order valence-corrected chi connectivity index (χ4v) is 4.08. The van der Waals surface area contributed by atoms with Gasteiger partial charge in [0, 0.05) is 6.08 Å². The Morgan fingerprint density at radius 1 is 1.25 bits per heavy atom. The van der Waals surface area contributed by atoms with Gasteiger partial charge in [0.15, 0.2) is 16.3 Å². The molecule has 6 heteroatoms. The van der Waals surface area contributed by atoms with Gasteiger partial charge in [-0.15, -0.1) is 6.42 Å². The first-order chi connectivity index (χ1) is 13.5. The van der Waals surface area contributed by atoms with Crippen LogP contribution in [0, 0.1) is 26.2 Å². The summed E-state index contributed by atoms with van der Waals surface area (Å²) in [5.41, 5.74) is 4.21. The molecule has 0 fully saturated rings. The van der Waals surface area contributed by atoms with Crippen LogP contribution in [0.3, 0.4) is 0 Å². The Balaban J connectivity index is 1.68. The van der Waals surface area contributed by atoms with Gasteiger partial charge in [-0.1, -0.05) is 23.3 Å². The third kappa shape index (κ3) is 3.45. The highest BCUT2D eigenvalue weighted by molar-refractivity contribution is 7.16. The number of aromatic nitrogens is 1. The topological polar surface area (TPSA) is 52.8 Å². The van der Waals surface area contributed by atoms with Crippen LogP contribution in [0.25, 0.3) is 16.3 Å². The van der Waals surface area contributed by atoms with Crippen LogP contribution in [-0.2, 0) is 11.3 Å². The van der Waals surface area contributed by atoms with E-state index in [2.05, 4.69) is 36.9 Å². The Morgan fingerprint density at radius 3 is 2.86 bits per heavy atom. The predicted molar refractivity (Wildman–Crippen MR) is 110 cm³/mol. The lowest BCUT2D eigenvalue weighted by Gasteiger charge is -2.03. The number of hydrogen-bond acceptors (Lipinski definition) is 4. The molecule has 1 aromatic heterocycles. The molecule has 4 rings (SSSR count). The second kappa shape index (κ2) is 7.37. The summed E-state index contributed by atoms with van der Waals surface area (Å²) in [6.45, 7) is 4.70. The molecular formula is C22H18N2O3S. The number of rotatable bonds is 3. The minimum absolute atomic E-state index is 0.219. The molecule has 0 radical (unpaired) electrons. The van der Waals surface area contributed by atoms with Crippen molar-refractivity contribution in [1.82, 2.24) is 4.57 Å². The van der Waals surface area contributed by atoms with Gasteiger partial charge < -0.3 is 14.0 Å². The van der Waals surface area contributed by atoms with E-state index in [1.54, 1.807) is 6.08 Å². The smallest absolute Gasteiger partial charge is 0.272 e. The first kappa shape index (κ1) is 18.1. The van der Waals surface area contributed by atoms with Gasteiger partial charge in [0.2, 0.25) is 6.79 Å². The molecule has 0 spiro atoms. The van der Waals surface area contributed by atoms with E-state index < -0.39 is 0 Å². The highest BCUT2D eigenvalue weighted by Crippen LogP contribution is 2.32. The summed E-state index contributed by atoms with van der Waals surface area (Å²) in [5, 5.41) is 0. The maximum absolute atomic E-state index is 12.4. The standard InChI is InChI=1S/C22H18N2O3S/c1-4-9-24-17-10-14(2)15(3)11-20(17)28-22(24)23-21(25)8-6-16-5-7-18-19(12-16)27-13-26-18/h1,5-8,10-12H,9,13H2,2-3H3/b8-6-,23-22?. The fourth-order valence-electron chi connectivity index (χ4n) is 2.97. The van der Waals surface area contributed by atoms with Crippen LogP contribution >= 0.6 is 11.3 Å². The normalized spacial score (nSPS) is 13.4. The Morgan fingerprint density at radius 2 is 2.04 bits per heavy atom. The molecule has 0 N–H and O–H groups in total. The lowest BCUT2D eigenvalue weighted by atomic mass is 10.1. The number of aryl methyl sites for hydroxylation is 2. The zero-order valence-corrected chi connectivity index (χ0v) is 16.4. The van der Waals surface area contributed by atoms with Crippen LogP contribution in [0.15, 0.2) is 41.4 Å². The van der Waals surface area contributed by atoms with Gasteiger partial charge >= 0.3 is 0 Å². The van der Waals surface area contributed by atoms with Crippen molar-refractivity contribution < 1.29 is 14.3 Å². The maximum atomic E-state index is 12.4. The van der Waals surface area contributed by atoms with Crippen LogP contribution in [0.5, 0.6) is 11.5 Å². The molecule has 1 aliphatic rings. The molecule has 0 bridgehead atoms. The summed E-state index contributed by atoms with van der Waals surface area (Å²) in [5.74, 6) is 3.68. The Hall–Kier alpha value is -3.30. The quantitative estimate of drug-likeness (QED) is 0.505. The number of thiazole rings is 1. The maximum Gasteiger partial charge on any atom is 0.272 e. The number of amides is 1. The van der Waals surface area contributed by atoms with Crippen LogP contribution < -0.4 is 14.3 Å². The van der Waals surface area contributed by atoms with E-state index in [4.69, 9.17) is 15.9 Å². The molecule has 140 valence electrons. The monoisotopic (exact) mass is 390 g/mol. The number of carbonyl (C=O) groups excluding carboxylic acids is 1. The number of nitrogens with zero attached hydrogens (tertiary/aromatic N) is 2. The average molecular weight is 390 g/mol. The van der Waals surface area contributed by atoms with Gasteiger partial charge in [-0.3, -0.25) is 4.79 Å². The largest absolute Gasteiger partial charge is 0.454 e. The highest BCUT2D eigenvalue weighted by atomic mass is 32.1. The van der Waals surface area contributed by atoms with Crippen molar-refractivity contribution in [1.29, 1.82) is 0 Å². The van der Waals surface area contributed by atoms with Gasteiger partial charge in [0.05, 0.1) is 16.8 Å². The molecule has 28 heavy (non-hydrogen) atoms. The average Bonchev–Trinajstić information content (AvgIpc) is 3.26. The van der Waals surface area contributed by atoms with Gasteiger partial charge in [-0.05, 0) is 60.9 Å². The fraction of sp³-hybridized carbons (Fsp3) is 0.182. The van der Waals surface area contributed by atoms with Gasteiger partial charge in [0.25, 0.3) is 5.91 Å². The van der Waals surface area contributed by atoms with Crippen molar-refractivity contribution in [3.63, 3.8) is 0 Å². The number of terminal acetylenes is 1. The van der Waals surface area contributed by atoms with Crippen molar-refractivity contribution in [3.8, 4) is 23.8 Å². The van der Waals surface area contributed by atoms with E-state index in [1.807, 2.05) is 22.8 Å². The van der Waals surface area contributed by atoms with Crippen LogP contribution in [0.4, 0.5) is 0 Å². The van der Waals surface area contributed by atoms with Gasteiger partial charge in [-0.25, -0.2) is 0 Å². The van der Waals surface area contributed by atoms with Crippen LogP contribution in [0.2, 0.25) is 0 Å². The Kier molecular flexibility index (Phi) is 4.76. The molecule has 0 unspecified atom stereocenters. The second-order valence-corrected chi connectivity index (χ2v) is 7.48. The van der Waals surface area contributed by atoms with Crippen molar-refractivity contribution >= 4 is 33.5 Å². The molecule has 2 heterocycles. The first-order valence-electron chi connectivity index (χ1n) is 8.75. The summed E-state index contributed by atoms with van der Waals surface area (Å²) in [7, 11) is 0. The van der Waals surface area contributed by atoms with Gasteiger partial charge in [0.1, 0.15) is 0 Å². The minimum atomic E-state index is -0.344. The molecule has 0 atom stereocenters. The SMILES string of the molecule is C#CCn1c(=NC(=O)/C=C\c2ccc3c(c2)OCO3)sc2cc(C)c(C)cc21. The Bertz CT molecular complexity index is 1230. The van der Waals surface area contributed by atoms with Crippen molar-refractivity contribution in [3.05, 3.63) is 57.9 Å². The predicted octanol–water partition coefficient (Wildman–Crippen LogP) is 3.82. The lowest BCUT2D eigenvalue weighted by molar-refractivity contribution is -0.113. The summed E-state index contributed by atoms with van der Waals surface area (Å²) in [6.07, 6.45) is 8.68. The molecule has 5 nitrogen and oxygen atoms in total. The van der Waals surface area contributed by atoms with E-state index >= 15 is 0 Å². The molecule has 0 saturated heterocycles.